The van der Waals surface area contributed by atoms with Crippen molar-refractivity contribution in [3.05, 3.63) is 23.8 Å². The number of hydrogen-bond acceptors (Lipinski definition) is 4. The first kappa shape index (κ1) is 11.8. The van der Waals surface area contributed by atoms with Gasteiger partial charge in [-0.15, -0.1) is 0 Å². The number of nitrogens with two attached hydrogens (primary N) is 1. The number of aliphatic hydroxyl groups is 1. The van der Waals surface area contributed by atoms with Crippen molar-refractivity contribution in [2.45, 2.75) is 19.1 Å². The largest absolute Gasteiger partial charge is 0.497 e. The standard InChI is InChI=1S/C11H17NO3/c1-7(12)11(13)8-4-9(14-2)6-10(5-8)15-3/h4-7,11,13H,12H2,1-3H3. The fourth-order valence-corrected chi connectivity index (χ4v) is 1.30. The van der Waals surface area contributed by atoms with Gasteiger partial charge in [0, 0.05) is 12.1 Å². The smallest absolute Gasteiger partial charge is 0.122 e. The van der Waals surface area contributed by atoms with Crippen LogP contribution < -0.4 is 15.2 Å². The van der Waals surface area contributed by atoms with Crippen LogP contribution in [0.3, 0.4) is 0 Å². The SMILES string of the molecule is COc1cc(OC)cc(C(O)C(C)N)c1. The number of rotatable bonds is 4. The molecule has 0 bridgehead atoms. The van der Waals surface area contributed by atoms with Crippen LogP contribution in [0.1, 0.15) is 18.6 Å². The lowest BCUT2D eigenvalue weighted by atomic mass is 10.0. The fourth-order valence-electron chi connectivity index (χ4n) is 1.30. The van der Waals surface area contributed by atoms with Gasteiger partial charge in [-0.3, -0.25) is 0 Å². The van der Waals surface area contributed by atoms with E-state index >= 15 is 0 Å². The Balaban J connectivity index is 3.06. The first-order chi connectivity index (χ1) is 7.08. The molecule has 1 aromatic carbocycles. The van der Waals surface area contributed by atoms with E-state index in [2.05, 4.69) is 0 Å². The summed E-state index contributed by atoms with van der Waals surface area (Å²) in [5.41, 5.74) is 6.31. The van der Waals surface area contributed by atoms with Crippen LogP contribution in [0.25, 0.3) is 0 Å². The van der Waals surface area contributed by atoms with Gasteiger partial charge >= 0.3 is 0 Å². The van der Waals surface area contributed by atoms with E-state index in [9.17, 15) is 5.11 Å². The summed E-state index contributed by atoms with van der Waals surface area (Å²) in [5, 5.41) is 9.80. The van der Waals surface area contributed by atoms with Gasteiger partial charge in [-0.05, 0) is 24.6 Å². The van der Waals surface area contributed by atoms with Crippen LogP contribution in [-0.4, -0.2) is 25.4 Å². The molecule has 0 fully saturated rings. The summed E-state index contributed by atoms with van der Waals surface area (Å²) in [6.07, 6.45) is -0.714. The predicted molar refractivity (Wildman–Crippen MR) is 58.2 cm³/mol. The maximum Gasteiger partial charge on any atom is 0.122 e. The van der Waals surface area contributed by atoms with Crippen LogP contribution in [0.5, 0.6) is 11.5 Å². The highest BCUT2D eigenvalue weighted by Gasteiger charge is 2.14. The van der Waals surface area contributed by atoms with Crippen molar-refractivity contribution in [1.82, 2.24) is 0 Å². The minimum absolute atomic E-state index is 0.332. The molecule has 4 nitrogen and oxygen atoms in total. The lowest BCUT2D eigenvalue weighted by molar-refractivity contribution is 0.152. The van der Waals surface area contributed by atoms with Crippen molar-refractivity contribution < 1.29 is 14.6 Å². The van der Waals surface area contributed by atoms with Gasteiger partial charge in [-0.1, -0.05) is 0 Å². The topological polar surface area (TPSA) is 64.7 Å². The fraction of sp³-hybridized carbons (Fsp3) is 0.455. The van der Waals surface area contributed by atoms with Gasteiger partial charge in [-0.2, -0.15) is 0 Å². The highest BCUT2D eigenvalue weighted by molar-refractivity contribution is 5.39. The molecule has 0 saturated heterocycles. The van der Waals surface area contributed by atoms with E-state index in [0.717, 1.165) is 0 Å². The summed E-state index contributed by atoms with van der Waals surface area (Å²) < 4.78 is 10.2. The number of ether oxygens (including phenoxy) is 2. The minimum atomic E-state index is -0.714. The molecule has 1 aromatic rings. The summed E-state index contributed by atoms with van der Waals surface area (Å²) in [6, 6.07) is 4.91. The maximum atomic E-state index is 9.80. The molecule has 0 radical (unpaired) electrons. The van der Waals surface area contributed by atoms with Gasteiger partial charge in [-0.25, -0.2) is 0 Å². The van der Waals surface area contributed by atoms with Crippen LogP contribution >= 0.6 is 0 Å². The zero-order valence-corrected chi connectivity index (χ0v) is 9.23. The molecule has 0 saturated carbocycles. The van der Waals surface area contributed by atoms with Crippen LogP contribution in [0.4, 0.5) is 0 Å². The highest BCUT2D eigenvalue weighted by Crippen LogP contribution is 2.27. The van der Waals surface area contributed by atoms with E-state index in [1.807, 2.05) is 0 Å². The molecular formula is C11H17NO3. The lowest BCUT2D eigenvalue weighted by Crippen LogP contribution is -2.24. The Labute approximate surface area is 89.6 Å². The third-order valence-electron chi connectivity index (χ3n) is 2.21. The Morgan fingerprint density at radius 1 is 1.13 bits per heavy atom. The van der Waals surface area contributed by atoms with Crippen LogP contribution in [-0.2, 0) is 0 Å². The number of methoxy groups -OCH3 is 2. The molecule has 0 spiro atoms. The van der Waals surface area contributed by atoms with E-state index in [4.69, 9.17) is 15.2 Å². The summed E-state index contributed by atoms with van der Waals surface area (Å²) >= 11 is 0. The molecule has 15 heavy (non-hydrogen) atoms. The molecule has 4 heteroatoms. The van der Waals surface area contributed by atoms with E-state index in [-0.39, 0.29) is 6.04 Å². The molecule has 3 N–H and O–H groups in total. The van der Waals surface area contributed by atoms with Gasteiger partial charge < -0.3 is 20.3 Å². The summed E-state index contributed by atoms with van der Waals surface area (Å²) in [6.45, 7) is 1.75. The van der Waals surface area contributed by atoms with Crippen molar-refractivity contribution in [1.29, 1.82) is 0 Å². The van der Waals surface area contributed by atoms with Gasteiger partial charge in [0.25, 0.3) is 0 Å². The predicted octanol–water partition coefficient (Wildman–Crippen LogP) is 1.08. The van der Waals surface area contributed by atoms with E-state index in [1.165, 1.54) is 0 Å². The molecule has 84 valence electrons. The first-order valence-electron chi connectivity index (χ1n) is 4.75. The third-order valence-corrected chi connectivity index (χ3v) is 2.21. The molecule has 0 heterocycles. The number of hydrogen-bond donors (Lipinski definition) is 2. The van der Waals surface area contributed by atoms with Gasteiger partial charge in [0.15, 0.2) is 0 Å². The average Bonchev–Trinajstić information content (AvgIpc) is 2.27. The molecule has 0 aliphatic carbocycles. The van der Waals surface area contributed by atoms with Crippen molar-refractivity contribution >= 4 is 0 Å². The average molecular weight is 211 g/mol. The van der Waals surface area contributed by atoms with E-state index < -0.39 is 6.10 Å². The van der Waals surface area contributed by atoms with Crippen molar-refractivity contribution in [3.63, 3.8) is 0 Å². The second-order valence-electron chi connectivity index (χ2n) is 3.45. The van der Waals surface area contributed by atoms with Crippen molar-refractivity contribution in [2.75, 3.05) is 14.2 Å². The summed E-state index contributed by atoms with van der Waals surface area (Å²) in [4.78, 5) is 0. The lowest BCUT2D eigenvalue weighted by Gasteiger charge is -2.16. The van der Waals surface area contributed by atoms with Crippen LogP contribution in [0.15, 0.2) is 18.2 Å². The van der Waals surface area contributed by atoms with Gasteiger partial charge in [0.1, 0.15) is 11.5 Å². The minimum Gasteiger partial charge on any atom is -0.497 e. The Hall–Kier alpha value is -1.26. The normalized spacial score (nSPS) is 14.5. The monoisotopic (exact) mass is 211 g/mol. The summed E-state index contributed by atoms with van der Waals surface area (Å²) in [5.74, 6) is 1.29. The van der Waals surface area contributed by atoms with Crippen molar-refractivity contribution in [3.8, 4) is 11.5 Å². The molecule has 0 aliphatic heterocycles. The number of benzene rings is 1. The molecule has 0 aromatic heterocycles. The molecule has 0 aliphatic rings. The Morgan fingerprint density at radius 2 is 1.60 bits per heavy atom. The Kier molecular flexibility index (Phi) is 3.94. The molecular weight excluding hydrogens is 194 g/mol. The van der Waals surface area contributed by atoms with Crippen molar-refractivity contribution in [2.24, 2.45) is 5.73 Å². The molecule has 1 rings (SSSR count). The van der Waals surface area contributed by atoms with Crippen LogP contribution in [0.2, 0.25) is 0 Å². The molecule has 2 unspecified atom stereocenters. The summed E-state index contributed by atoms with van der Waals surface area (Å²) in [7, 11) is 3.13. The molecule has 2 atom stereocenters. The second-order valence-corrected chi connectivity index (χ2v) is 3.45. The first-order valence-corrected chi connectivity index (χ1v) is 4.75. The van der Waals surface area contributed by atoms with E-state index in [0.29, 0.717) is 17.1 Å². The zero-order valence-electron chi connectivity index (χ0n) is 9.23. The highest BCUT2D eigenvalue weighted by atomic mass is 16.5. The van der Waals surface area contributed by atoms with Gasteiger partial charge in [0.05, 0.1) is 20.3 Å². The quantitative estimate of drug-likeness (QED) is 0.782. The number of aliphatic hydroxyl groups excluding tert-OH is 1. The molecule has 0 amide bonds. The Bertz CT molecular complexity index is 303. The van der Waals surface area contributed by atoms with Gasteiger partial charge in [0.2, 0.25) is 0 Å². The third kappa shape index (κ3) is 2.84. The van der Waals surface area contributed by atoms with Crippen LogP contribution in [0, 0.1) is 0 Å². The maximum absolute atomic E-state index is 9.80. The van der Waals surface area contributed by atoms with E-state index in [1.54, 1.807) is 39.3 Å². The Morgan fingerprint density at radius 3 is 1.93 bits per heavy atom. The zero-order chi connectivity index (χ0) is 11.4. The second kappa shape index (κ2) is 5.00.